The summed E-state index contributed by atoms with van der Waals surface area (Å²) in [7, 11) is 0. The summed E-state index contributed by atoms with van der Waals surface area (Å²) in [6, 6.07) is 3.38. The molecule has 6 heteroatoms. The first-order valence-corrected chi connectivity index (χ1v) is 8.69. The molecule has 0 radical (unpaired) electrons. The number of aliphatic hydroxyl groups is 1. The van der Waals surface area contributed by atoms with E-state index in [0.717, 1.165) is 24.7 Å². The second-order valence-corrected chi connectivity index (χ2v) is 7.49. The number of ether oxygens (including phenoxy) is 1. The monoisotopic (exact) mass is 333 g/mol. The van der Waals surface area contributed by atoms with Gasteiger partial charge in [-0.25, -0.2) is 0 Å². The maximum absolute atomic E-state index is 12.7. The molecule has 1 amide bonds. The minimum atomic E-state index is -0.438. The van der Waals surface area contributed by atoms with Gasteiger partial charge in [-0.05, 0) is 30.9 Å². The van der Waals surface area contributed by atoms with Crippen molar-refractivity contribution in [2.24, 2.45) is 5.92 Å². The molecule has 0 spiro atoms. The fourth-order valence-electron chi connectivity index (χ4n) is 2.92. The number of morpholine rings is 1. The summed E-state index contributed by atoms with van der Waals surface area (Å²) in [4.78, 5) is 19.3. The number of anilines is 1. The molecule has 24 heavy (non-hydrogen) atoms. The molecule has 1 aromatic rings. The van der Waals surface area contributed by atoms with Crippen LogP contribution in [0.25, 0.3) is 0 Å². The zero-order valence-electron chi connectivity index (χ0n) is 14.5. The van der Waals surface area contributed by atoms with Crippen LogP contribution >= 0.6 is 0 Å². The van der Waals surface area contributed by atoms with Crippen LogP contribution in [0.1, 0.15) is 32.4 Å². The molecular formula is C18H27N3O3. The zero-order valence-corrected chi connectivity index (χ0v) is 14.5. The van der Waals surface area contributed by atoms with Crippen molar-refractivity contribution in [3.8, 4) is 0 Å². The average Bonchev–Trinajstić information content (AvgIpc) is 3.39. The van der Waals surface area contributed by atoms with Gasteiger partial charge in [-0.15, -0.1) is 0 Å². The van der Waals surface area contributed by atoms with Crippen LogP contribution in [0.5, 0.6) is 0 Å². The summed E-state index contributed by atoms with van der Waals surface area (Å²) in [5.41, 5.74) is 1.04. The largest absolute Gasteiger partial charge is 0.395 e. The van der Waals surface area contributed by atoms with E-state index in [4.69, 9.17) is 4.74 Å². The first-order valence-electron chi connectivity index (χ1n) is 8.69. The Morgan fingerprint density at radius 2 is 2.29 bits per heavy atom. The number of pyridine rings is 1. The summed E-state index contributed by atoms with van der Waals surface area (Å²) in [5.74, 6) is 0.714. The molecule has 2 aliphatic rings. The van der Waals surface area contributed by atoms with Gasteiger partial charge < -0.3 is 15.2 Å². The lowest BCUT2D eigenvalue weighted by Crippen LogP contribution is -2.52. The van der Waals surface area contributed by atoms with Crippen molar-refractivity contribution in [1.82, 2.24) is 9.88 Å². The quantitative estimate of drug-likeness (QED) is 0.823. The van der Waals surface area contributed by atoms with Crippen LogP contribution in [-0.2, 0) is 14.9 Å². The molecule has 1 saturated heterocycles. The first kappa shape index (κ1) is 17.3. The van der Waals surface area contributed by atoms with Crippen molar-refractivity contribution in [2.45, 2.75) is 38.1 Å². The molecule has 3 rings (SSSR count). The van der Waals surface area contributed by atoms with Crippen molar-refractivity contribution < 1.29 is 14.6 Å². The van der Waals surface area contributed by atoms with Gasteiger partial charge in [0.1, 0.15) is 6.04 Å². The van der Waals surface area contributed by atoms with Gasteiger partial charge in [0.2, 0.25) is 5.91 Å². The average molecular weight is 333 g/mol. The maximum Gasteiger partial charge on any atom is 0.244 e. The number of nitrogens with zero attached hydrogens (tertiary/aromatic N) is 2. The second kappa shape index (κ2) is 7.17. The van der Waals surface area contributed by atoms with E-state index < -0.39 is 5.41 Å². The number of hydrogen-bond acceptors (Lipinski definition) is 5. The highest BCUT2D eigenvalue weighted by Gasteiger charge is 2.34. The normalized spacial score (nSPS) is 22.4. The lowest BCUT2D eigenvalue weighted by atomic mass is 9.90. The molecular weight excluding hydrogens is 306 g/mol. The highest BCUT2D eigenvalue weighted by molar-refractivity contribution is 5.95. The molecule has 0 bridgehead atoms. The third kappa shape index (κ3) is 4.12. The number of rotatable bonds is 6. The smallest absolute Gasteiger partial charge is 0.244 e. The van der Waals surface area contributed by atoms with Crippen molar-refractivity contribution in [3.05, 3.63) is 24.0 Å². The molecule has 6 nitrogen and oxygen atoms in total. The molecule has 1 aliphatic heterocycles. The minimum absolute atomic E-state index is 0.00301. The van der Waals surface area contributed by atoms with E-state index in [-0.39, 0.29) is 18.6 Å². The van der Waals surface area contributed by atoms with E-state index in [2.05, 4.69) is 15.2 Å². The molecule has 0 aromatic carbocycles. The van der Waals surface area contributed by atoms with Crippen LogP contribution in [0.3, 0.4) is 0 Å². The highest BCUT2D eigenvalue weighted by atomic mass is 16.5. The summed E-state index contributed by atoms with van der Waals surface area (Å²) >= 11 is 0. The lowest BCUT2D eigenvalue weighted by Gasteiger charge is -2.34. The van der Waals surface area contributed by atoms with E-state index in [9.17, 15) is 9.90 Å². The van der Waals surface area contributed by atoms with Gasteiger partial charge in [-0.3, -0.25) is 14.7 Å². The van der Waals surface area contributed by atoms with Crippen LogP contribution in [-0.4, -0.2) is 59.8 Å². The van der Waals surface area contributed by atoms with Gasteiger partial charge in [-0.2, -0.15) is 0 Å². The Balaban J connectivity index is 1.68. The standard InChI is InChI=1S/C18H27N3O3/c1-18(2,12-22)16-9-14(5-6-19-16)20-17(23)15-11-24-8-7-21(15)10-13-3-4-13/h5-6,9,13,15,22H,3-4,7-8,10-12H2,1-2H3,(H,19,20,23). The lowest BCUT2D eigenvalue weighted by molar-refractivity contribution is -0.127. The van der Waals surface area contributed by atoms with Crippen molar-refractivity contribution >= 4 is 11.6 Å². The van der Waals surface area contributed by atoms with Gasteiger partial charge in [0.25, 0.3) is 0 Å². The Morgan fingerprint density at radius 3 is 3.00 bits per heavy atom. The third-order valence-corrected chi connectivity index (χ3v) is 4.85. The number of hydrogen-bond donors (Lipinski definition) is 2. The molecule has 1 aromatic heterocycles. The van der Waals surface area contributed by atoms with E-state index in [1.807, 2.05) is 19.9 Å². The van der Waals surface area contributed by atoms with Crippen LogP contribution in [0.4, 0.5) is 5.69 Å². The Morgan fingerprint density at radius 1 is 1.50 bits per heavy atom. The number of aromatic nitrogens is 1. The number of aliphatic hydroxyl groups excluding tert-OH is 1. The highest BCUT2D eigenvalue weighted by Crippen LogP contribution is 2.31. The fourth-order valence-corrected chi connectivity index (χ4v) is 2.92. The van der Waals surface area contributed by atoms with Gasteiger partial charge >= 0.3 is 0 Å². The summed E-state index contributed by atoms with van der Waals surface area (Å²) in [5, 5.41) is 12.5. The first-order chi connectivity index (χ1) is 11.5. The number of carbonyl (C=O) groups is 1. The number of amides is 1. The SMILES string of the molecule is CC(C)(CO)c1cc(NC(=O)C2COCCN2CC2CC2)ccn1. The van der Waals surface area contributed by atoms with Gasteiger partial charge in [-0.1, -0.05) is 13.8 Å². The molecule has 1 saturated carbocycles. The summed E-state index contributed by atoms with van der Waals surface area (Å²) in [6.07, 6.45) is 4.22. The maximum atomic E-state index is 12.7. The van der Waals surface area contributed by atoms with Gasteiger partial charge in [0, 0.05) is 30.4 Å². The minimum Gasteiger partial charge on any atom is -0.395 e. The Kier molecular flexibility index (Phi) is 5.18. The topological polar surface area (TPSA) is 74.7 Å². The Bertz CT molecular complexity index is 587. The molecule has 1 atom stereocenters. The fraction of sp³-hybridized carbons (Fsp3) is 0.667. The summed E-state index contributed by atoms with van der Waals surface area (Å²) in [6.45, 7) is 6.79. The summed E-state index contributed by atoms with van der Waals surface area (Å²) < 4.78 is 5.52. The number of nitrogens with one attached hydrogen (secondary N) is 1. The predicted octanol–water partition coefficient (Wildman–Crippen LogP) is 1.40. The predicted molar refractivity (Wildman–Crippen MR) is 91.9 cm³/mol. The molecule has 1 unspecified atom stereocenters. The molecule has 2 N–H and O–H groups in total. The van der Waals surface area contributed by atoms with Crippen molar-refractivity contribution in [2.75, 3.05) is 38.2 Å². The molecule has 2 heterocycles. The van der Waals surface area contributed by atoms with Crippen LogP contribution in [0, 0.1) is 5.92 Å². The van der Waals surface area contributed by atoms with Crippen LogP contribution in [0.2, 0.25) is 0 Å². The number of carbonyl (C=O) groups excluding carboxylic acids is 1. The zero-order chi connectivity index (χ0) is 17.2. The van der Waals surface area contributed by atoms with E-state index in [1.54, 1.807) is 12.3 Å². The molecule has 2 fully saturated rings. The van der Waals surface area contributed by atoms with E-state index in [1.165, 1.54) is 12.8 Å². The van der Waals surface area contributed by atoms with Gasteiger partial charge in [0.05, 0.1) is 25.5 Å². The second-order valence-electron chi connectivity index (χ2n) is 7.49. The Labute approximate surface area is 143 Å². The van der Waals surface area contributed by atoms with E-state index >= 15 is 0 Å². The van der Waals surface area contributed by atoms with Crippen LogP contribution < -0.4 is 5.32 Å². The molecule has 132 valence electrons. The van der Waals surface area contributed by atoms with E-state index in [0.29, 0.717) is 18.9 Å². The third-order valence-electron chi connectivity index (χ3n) is 4.85. The van der Waals surface area contributed by atoms with Crippen molar-refractivity contribution in [1.29, 1.82) is 0 Å². The van der Waals surface area contributed by atoms with Crippen LogP contribution in [0.15, 0.2) is 18.3 Å². The molecule has 1 aliphatic carbocycles. The van der Waals surface area contributed by atoms with Gasteiger partial charge in [0.15, 0.2) is 0 Å². The Hall–Kier alpha value is -1.50. The van der Waals surface area contributed by atoms with Crippen molar-refractivity contribution in [3.63, 3.8) is 0 Å².